The van der Waals surface area contributed by atoms with Gasteiger partial charge < -0.3 is 29.3 Å². The minimum Gasteiger partial charge on any atom is -0.493 e. The summed E-state index contributed by atoms with van der Waals surface area (Å²) in [7, 11) is 4.84. The van der Waals surface area contributed by atoms with E-state index in [0.29, 0.717) is 66.9 Å². The molecule has 1 aromatic carbocycles. The number of fused-ring (bicyclic) bond motifs is 6. The van der Waals surface area contributed by atoms with Gasteiger partial charge in [-0.25, -0.2) is 14.5 Å². The standard InChI is InChI=1S/C36H48N8O5/c1-8-41-14-15-42(36(46)31-24(4)40-44-23(3)16-22(2)38-35(31)44)13-11-30(45)37-19-25-10-9-12-43(20-25)34-26(21-41)17-27-28(39-34)18-29(47-5)33(49-7)32(27)48-6/h16-18,25H,8-15,19-21H2,1-7H3,(H,37,45). The van der Waals surface area contributed by atoms with Crippen LogP contribution in [-0.2, 0) is 11.3 Å². The van der Waals surface area contributed by atoms with Crippen LogP contribution in [0.2, 0.25) is 0 Å². The molecule has 1 unspecified atom stereocenters. The lowest BCUT2D eigenvalue weighted by Crippen LogP contribution is -2.42. The maximum atomic E-state index is 14.3. The van der Waals surface area contributed by atoms with Crippen molar-refractivity contribution in [3.63, 3.8) is 0 Å². The second-order valence-electron chi connectivity index (χ2n) is 13.1. The number of ether oxygens (including phenoxy) is 3. The number of hydrogen-bond acceptors (Lipinski definition) is 10. The number of anilines is 1. The van der Waals surface area contributed by atoms with Crippen molar-refractivity contribution < 1.29 is 23.8 Å². The van der Waals surface area contributed by atoms with Crippen LogP contribution in [0.5, 0.6) is 17.2 Å². The van der Waals surface area contributed by atoms with Crippen molar-refractivity contribution in [2.24, 2.45) is 5.92 Å². The van der Waals surface area contributed by atoms with E-state index in [1.807, 2.05) is 32.9 Å². The van der Waals surface area contributed by atoms with E-state index in [4.69, 9.17) is 24.2 Å². The SMILES string of the molecule is CCN1CCN(C(=O)c2c(C)nn3c(C)cc(C)nc23)CCC(=O)NCC2CCCN(C2)c2nc3cc(OC)c(OC)c(OC)c3cc2C1. The smallest absolute Gasteiger partial charge is 0.259 e. The Bertz CT molecular complexity index is 1870. The van der Waals surface area contributed by atoms with Gasteiger partial charge in [0.25, 0.3) is 5.91 Å². The molecule has 0 saturated carbocycles. The van der Waals surface area contributed by atoms with Crippen molar-refractivity contribution in [1.82, 2.24) is 34.7 Å². The van der Waals surface area contributed by atoms with E-state index in [2.05, 4.69) is 33.2 Å². The Kier molecular flexibility index (Phi) is 10.1. The number of carbonyl (C=O) groups excluding carboxylic acids is 2. The molecule has 0 radical (unpaired) electrons. The van der Waals surface area contributed by atoms with Gasteiger partial charge in [-0.3, -0.25) is 14.5 Å². The van der Waals surface area contributed by atoms with Crippen LogP contribution in [0.25, 0.3) is 16.6 Å². The van der Waals surface area contributed by atoms with Crippen molar-refractivity contribution in [1.29, 1.82) is 0 Å². The van der Waals surface area contributed by atoms with Crippen LogP contribution in [0.3, 0.4) is 0 Å². The third kappa shape index (κ3) is 6.81. The molecule has 1 atom stereocenters. The Morgan fingerprint density at radius 1 is 0.980 bits per heavy atom. The Hall–Kier alpha value is -4.65. The van der Waals surface area contributed by atoms with Crippen LogP contribution >= 0.6 is 0 Å². The van der Waals surface area contributed by atoms with Gasteiger partial charge in [0.2, 0.25) is 11.7 Å². The van der Waals surface area contributed by atoms with Crippen LogP contribution in [0.1, 0.15) is 59.2 Å². The molecule has 0 spiro atoms. The molecule has 262 valence electrons. The number of aromatic nitrogens is 4. The number of nitrogens with one attached hydrogen (secondary N) is 1. The van der Waals surface area contributed by atoms with Gasteiger partial charge in [-0.1, -0.05) is 6.92 Å². The number of piperidine rings is 1. The minimum absolute atomic E-state index is 0.0591. The number of rotatable bonds is 5. The molecule has 2 amide bonds. The van der Waals surface area contributed by atoms with Crippen LogP contribution in [0.4, 0.5) is 5.82 Å². The fraction of sp³-hybridized carbons (Fsp3) is 0.528. The Morgan fingerprint density at radius 2 is 1.78 bits per heavy atom. The zero-order valence-electron chi connectivity index (χ0n) is 29.8. The summed E-state index contributed by atoms with van der Waals surface area (Å²) in [5.74, 6) is 2.61. The van der Waals surface area contributed by atoms with Crippen LogP contribution < -0.4 is 24.4 Å². The molecule has 49 heavy (non-hydrogen) atoms. The van der Waals surface area contributed by atoms with Crippen molar-refractivity contribution >= 4 is 34.2 Å². The lowest BCUT2D eigenvalue weighted by molar-refractivity contribution is -0.121. The zero-order chi connectivity index (χ0) is 34.8. The average molecular weight is 673 g/mol. The van der Waals surface area contributed by atoms with Gasteiger partial charge in [0, 0.05) is 80.6 Å². The number of nitrogens with zero attached hydrogens (tertiary/aromatic N) is 7. The average Bonchev–Trinajstić information content (AvgIpc) is 3.43. The van der Waals surface area contributed by atoms with Gasteiger partial charge in [-0.2, -0.15) is 5.10 Å². The number of methoxy groups -OCH3 is 3. The second kappa shape index (κ2) is 14.5. The lowest BCUT2D eigenvalue weighted by Gasteiger charge is -2.35. The van der Waals surface area contributed by atoms with E-state index in [1.54, 1.807) is 30.7 Å². The lowest BCUT2D eigenvalue weighted by atomic mass is 9.97. The number of benzene rings is 1. The highest BCUT2D eigenvalue weighted by Crippen LogP contribution is 2.44. The molecule has 13 heteroatoms. The number of likely N-dealkylation sites (N-methyl/N-ethyl adjacent to an activating group) is 1. The molecule has 1 N–H and O–H groups in total. The van der Waals surface area contributed by atoms with E-state index in [0.717, 1.165) is 66.1 Å². The molecule has 2 bridgehead atoms. The largest absolute Gasteiger partial charge is 0.493 e. The summed E-state index contributed by atoms with van der Waals surface area (Å²) in [6.07, 6.45) is 2.24. The van der Waals surface area contributed by atoms with Gasteiger partial charge >= 0.3 is 0 Å². The fourth-order valence-electron chi connectivity index (χ4n) is 7.22. The molecule has 13 nitrogen and oxygen atoms in total. The summed E-state index contributed by atoms with van der Waals surface area (Å²) in [5.41, 5.74) is 5.19. The molecule has 3 aromatic heterocycles. The predicted octanol–water partition coefficient (Wildman–Crippen LogP) is 3.93. The molecule has 2 aliphatic heterocycles. The second-order valence-corrected chi connectivity index (χ2v) is 13.1. The number of aryl methyl sites for hydroxylation is 3. The summed E-state index contributed by atoms with van der Waals surface area (Å²) >= 11 is 0. The van der Waals surface area contributed by atoms with E-state index >= 15 is 0 Å². The van der Waals surface area contributed by atoms with Crippen molar-refractivity contribution in [3.8, 4) is 17.2 Å². The quantitative estimate of drug-likeness (QED) is 0.333. The van der Waals surface area contributed by atoms with Crippen molar-refractivity contribution in [3.05, 3.63) is 46.4 Å². The Morgan fingerprint density at radius 3 is 2.51 bits per heavy atom. The van der Waals surface area contributed by atoms with Gasteiger partial charge in [0.05, 0.1) is 32.5 Å². The topological polar surface area (TPSA) is 127 Å². The molecule has 4 aromatic rings. The van der Waals surface area contributed by atoms with Gasteiger partial charge in [-0.05, 0) is 58.2 Å². The molecule has 1 saturated heterocycles. The highest BCUT2D eigenvalue weighted by molar-refractivity contribution is 6.01. The Labute approximate surface area is 287 Å². The van der Waals surface area contributed by atoms with Crippen LogP contribution in [-0.4, -0.2) is 108 Å². The molecule has 1 fully saturated rings. The summed E-state index contributed by atoms with van der Waals surface area (Å²) in [6.45, 7) is 12.8. The number of amides is 2. The number of hydrogen-bond donors (Lipinski definition) is 1. The first-order valence-corrected chi connectivity index (χ1v) is 17.1. The first-order valence-electron chi connectivity index (χ1n) is 17.1. The maximum absolute atomic E-state index is 14.3. The van der Waals surface area contributed by atoms with E-state index in [9.17, 15) is 9.59 Å². The molecular weight excluding hydrogens is 624 g/mol. The first-order chi connectivity index (χ1) is 23.6. The maximum Gasteiger partial charge on any atom is 0.259 e. The third-order valence-electron chi connectivity index (χ3n) is 9.79. The highest BCUT2D eigenvalue weighted by atomic mass is 16.5. The van der Waals surface area contributed by atoms with Gasteiger partial charge in [-0.15, -0.1) is 0 Å². The molecular formula is C36H48N8O5. The number of carbonyl (C=O) groups is 2. The summed E-state index contributed by atoms with van der Waals surface area (Å²) in [6, 6.07) is 6.01. The number of pyridine rings is 1. The first kappa shape index (κ1) is 34.2. The Balaban J connectivity index is 1.40. The van der Waals surface area contributed by atoms with E-state index in [1.165, 1.54) is 0 Å². The minimum atomic E-state index is -0.168. The van der Waals surface area contributed by atoms with Crippen molar-refractivity contribution in [2.75, 3.05) is 72.0 Å². The van der Waals surface area contributed by atoms with E-state index < -0.39 is 0 Å². The summed E-state index contributed by atoms with van der Waals surface area (Å²) < 4.78 is 19.0. The molecule has 6 rings (SSSR count). The van der Waals surface area contributed by atoms with Crippen LogP contribution in [0.15, 0.2) is 18.2 Å². The fourth-order valence-corrected chi connectivity index (χ4v) is 7.22. The monoisotopic (exact) mass is 672 g/mol. The van der Waals surface area contributed by atoms with E-state index in [-0.39, 0.29) is 24.2 Å². The summed E-state index contributed by atoms with van der Waals surface area (Å²) in [4.78, 5) is 43.9. The highest BCUT2D eigenvalue weighted by Gasteiger charge is 2.29. The molecule has 5 heterocycles. The van der Waals surface area contributed by atoms with Gasteiger partial charge in [0.1, 0.15) is 11.4 Å². The summed E-state index contributed by atoms with van der Waals surface area (Å²) in [5, 5.41) is 8.65. The van der Waals surface area contributed by atoms with Crippen molar-refractivity contribution in [2.45, 2.75) is 53.5 Å². The molecule has 0 aliphatic carbocycles. The van der Waals surface area contributed by atoms with Gasteiger partial charge in [0.15, 0.2) is 17.1 Å². The normalized spacial score (nSPS) is 18.1. The van der Waals surface area contributed by atoms with Crippen LogP contribution in [0, 0.1) is 26.7 Å². The third-order valence-corrected chi connectivity index (χ3v) is 9.79. The predicted molar refractivity (Wildman–Crippen MR) is 188 cm³/mol. The molecule has 2 aliphatic rings. The zero-order valence-corrected chi connectivity index (χ0v) is 29.8.